The van der Waals surface area contributed by atoms with Crippen molar-refractivity contribution in [2.45, 2.75) is 45.6 Å². The topological polar surface area (TPSA) is 20.7 Å². The summed E-state index contributed by atoms with van der Waals surface area (Å²) in [6.07, 6.45) is 4.75. The number of hydrogen-bond acceptors (Lipinski definition) is 2. The Hall–Kier alpha value is -0.220. The van der Waals surface area contributed by atoms with E-state index in [0.717, 1.165) is 17.2 Å². The van der Waals surface area contributed by atoms with Crippen LogP contribution in [0.3, 0.4) is 0 Å². The molecule has 1 aromatic rings. The molecule has 0 unspecified atom stereocenters. The molecule has 1 saturated heterocycles. The van der Waals surface area contributed by atoms with Gasteiger partial charge in [-0.25, -0.2) is 0 Å². The number of imidazole rings is 1. The molecule has 0 amide bonds. The van der Waals surface area contributed by atoms with E-state index in [1.54, 1.807) is 0 Å². The highest BCUT2D eigenvalue weighted by Gasteiger charge is 2.22. The second-order valence-corrected chi connectivity index (χ2v) is 7.51. The van der Waals surface area contributed by atoms with E-state index in [1.807, 2.05) is 0 Å². The van der Waals surface area contributed by atoms with Gasteiger partial charge in [0.05, 0.1) is 0 Å². The van der Waals surface area contributed by atoms with E-state index < -0.39 is 0 Å². The predicted octanol–water partition coefficient (Wildman–Crippen LogP) is 3.99. The first-order valence-corrected chi connectivity index (χ1v) is 7.91. The van der Waals surface area contributed by atoms with Crippen LogP contribution in [-0.4, -0.2) is 21.1 Å². The number of rotatable bonds is 2. The lowest BCUT2D eigenvalue weighted by Gasteiger charge is -2.26. The Morgan fingerprint density at radius 3 is 2.65 bits per heavy atom. The molecule has 0 aliphatic carbocycles. The van der Waals surface area contributed by atoms with Crippen molar-refractivity contribution in [1.29, 1.82) is 0 Å². The average molecular weight is 270 g/mol. The molecule has 0 aromatic carbocycles. The zero-order valence-corrected chi connectivity index (χ0v) is 12.6. The molecule has 1 aliphatic heterocycles. The smallest absolute Gasteiger partial charge is 0.177 e. The van der Waals surface area contributed by atoms with Crippen molar-refractivity contribution >= 4 is 24.0 Å². The van der Waals surface area contributed by atoms with Crippen LogP contribution in [0.15, 0.2) is 6.20 Å². The third kappa shape index (κ3) is 3.16. The van der Waals surface area contributed by atoms with Crippen molar-refractivity contribution in [3.05, 3.63) is 16.7 Å². The van der Waals surface area contributed by atoms with Gasteiger partial charge in [-0.05, 0) is 42.5 Å². The van der Waals surface area contributed by atoms with Crippen molar-refractivity contribution in [1.82, 2.24) is 9.55 Å². The van der Waals surface area contributed by atoms with Crippen LogP contribution in [0, 0.1) is 10.7 Å². The van der Waals surface area contributed by atoms with Crippen molar-refractivity contribution in [3.63, 3.8) is 0 Å². The normalized spacial score (nSPS) is 18.5. The van der Waals surface area contributed by atoms with Crippen LogP contribution in [0.2, 0.25) is 0 Å². The number of thioether (sulfide) groups is 1. The SMILES string of the molecule is CC(C)(C)c1c[nH]c(=S)n1CC1CCSCC1. The molecule has 0 radical (unpaired) electrons. The number of H-pyrrole nitrogens is 1. The Balaban J connectivity index is 2.19. The zero-order chi connectivity index (χ0) is 12.5. The highest BCUT2D eigenvalue weighted by molar-refractivity contribution is 7.99. The van der Waals surface area contributed by atoms with Gasteiger partial charge in [0.1, 0.15) is 0 Å². The monoisotopic (exact) mass is 270 g/mol. The third-order valence-corrected chi connectivity index (χ3v) is 4.81. The number of hydrogen-bond donors (Lipinski definition) is 1. The Morgan fingerprint density at radius 1 is 1.41 bits per heavy atom. The number of nitrogens with one attached hydrogen (secondary N) is 1. The van der Waals surface area contributed by atoms with Crippen LogP contribution >= 0.6 is 24.0 Å². The summed E-state index contributed by atoms with van der Waals surface area (Å²) in [5.74, 6) is 3.43. The molecule has 0 spiro atoms. The summed E-state index contributed by atoms with van der Waals surface area (Å²) in [5.41, 5.74) is 1.50. The molecule has 2 rings (SSSR count). The molecule has 4 heteroatoms. The zero-order valence-electron chi connectivity index (χ0n) is 11.0. The molecular formula is C13H22N2S2. The summed E-state index contributed by atoms with van der Waals surface area (Å²) >= 11 is 7.49. The molecule has 0 bridgehead atoms. The standard InChI is InChI=1S/C13H22N2S2/c1-13(2,3)11-8-14-12(16)15(11)9-10-4-6-17-7-5-10/h8,10H,4-7,9H2,1-3H3,(H,14,16). The van der Waals surface area contributed by atoms with Gasteiger partial charge in [-0.3, -0.25) is 0 Å². The maximum absolute atomic E-state index is 5.41. The third-order valence-electron chi connectivity index (χ3n) is 3.42. The van der Waals surface area contributed by atoms with E-state index >= 15 is 0 Å². The molecule has 1 N–H and O–H groups in total. The summed E-state index contributed by atoms with van der Waals surface area (Å²) in [4.78, 5) is 3.21. The number of aromatic nitrogens is 2. The minimum Gasteiger partial charge on any atom is -0.337 e. The van der Waals surface area contributed by atoms with E-state index in [1.165, 1.54) is 30.0 Å². The van der Waals surface area contributed by atoms with Gasteiger partial charge in [0.15, 0.2) is 4.77 Å². The van der Waals surface area contributed by atoms with E-state index in [9.17, 15) is 0 Å². The molecule has 96 valence electrons. The lowest BCUT2D eigenvalue weighted by atomic mass is 9.92. The molecule has 2 nitrogen and oxygen atoms in total. The van der Waals surface area contributed by atoms with E-state index in [2.05, 4.69) is 48.3 Å². The van der Waals surface area contributed by atoms with Crippen molar-refractivity contribution in [2.24, 2.45) is 5.92 Å². The van der Waals surface area contributed by atoms with E-state index in [0.29, 0.717) is 0 Å². The van der Waals surface area contributed by atoms with Crippen LogP contribution in [0.5, 0.6) is 0 Å². The summed E-state index contributed by atoms with van der Waals surface area (Å²) in [7, 11) is 0. The summed E-state index contributed by atoms with van der Waals surface area (Å²) in [6, 6.07) is 0. The molecule has 1 aromatic heterocycles. The van der Waals surface area contributed by atoms with Gasteiger partial charge in [-0.15, -0.1) is 0 Å². The fourth-order valence-electron chi connectivity index (χ4n) is 2.39. The average Bonchev–Trinajstić information content (AvgIpc) is 2.62. The largest absolute Gasteiger partial charge is 0.337 e. The fraction of sp³-hybridized carbons (Fsp3) is 0.769. The van der Waals surface area contributed by atoms with Crippen molar-refractivity contribution in [2.75, 3.05) is 11.5 Å². The first-order valence-electron chi connectivity index (χ1n) is 6.35. The second kappa shape index (κ2) is 5.19. The highest BCUT2D eigenvalue weighted by atomic mass is 32.2. The van der Waals surface area contributed by atoms with Crippen molar-refractivity contribution in [3.8, 4) is 0 Å². The van der Waals surface area contributed by atoms with Crippen LogP contribution in [0.25, 0.3) is 0 Å². The number of nitrogens with zero attached hydrogens (tertiary/aromatic N) is 1. The van der Waals surface area contributed by atoms with Gasteiger partial charge in [-0.1, -0.05) is 20.8 Å². The maximum atomic E-state index is 5.41. The van der Waals surface area contributed by atoms with Crippen molar-refractivity contribution < 1.29 is 0 Å². The van der Waals surface area contributed by atoms with E-state index in [4.69, 9.17) is 12.2 Å². The Bertz CT molecular complexity index is 419. The minimum atomic E-state index is 0.164. The molecule has 1 fully saturated rings. The maximum Gasteiger partial charge on any atom is 0.177 e. The second-order valence-electron chi connectivity index (χ2n) is 5.90. The Morgan fingerprint density at radius 2 is 2.06 bits per heavy atom. The first kappa shape index (κ1) is 13.2. The molecule has 2 heterocycles. The van der Waals surface area contributed by atoms with Gasteiger partial charge < -0.3 is 9.55 Å². The molecular weight excluding hydrogens is 248 g/mol. The highest BCUT2D eigenvalue weighted by Crippen LogP contribution is 2.27. The molecule has 0 atom stereocenters. The fourth-order valence-corrected chi connectivity index (χ4v) is 3.82. The van der Waals surface area contributed by atoms with Gasteiger partial charge in [0.25, 0.3) is 0 Å². The Kier molecular flexibility index (Phi) is 4.03. The van der Waals surface area contributed by atoms with Gasteiger partial charge in [0, 0.05) is 23.9 Å². The summed E-state index contributed by atoms with van der Waals surface area (Å²) in [5, 5.41) is 0. The lowest BCUT2D eigenvalue weighted by Crippen LogP contribution is -2.22. The first-order chi connectivity index (χ1) is 7.98. The van der Waals surface area contributed by atoms with Gasteiger partial charge in [0.2, 0.25) is 0 Å². The number of aromatic amines is 1. The quantitative estimate of drug-likeness (QED) is 0.820. The van der Waals surface area contributed by atoms with Crippen LogP contribution in [0.1, 0.15) is 39.3 Å². The molecule has 0 saturated carbocycles. The van der Waals surface area contributed by atoms with E-state index in [-0.39, 0.29) is 5.41 Å². The summed E-state index contributed by atoms with van der Waals surface area (Å²) in [6.45, 7) is 7.84. The van der Waals surface area contributed by atoms with Gasteiger partial charge >= 0.3 is 0 Å². The minimum absolute atomic E-state index is 0.164. The lowest BCUT2D eigenvalue weighted by molar-refractivity contribution is 0.391. The molecule has 17 heavy (non-hydrogen) atoms. The predicted molar refractivity (Wildman–Crippen MR) is 78.4 cm³/mol. The van der Waals surface area contributed by atoms with Crippen LogP contribution in [-0.2, 0) is 12.0 Å². The van der Waals surface area contributed by atoms with Gasteiger partial charge in [-0.2, -0.15) is 11.8 Å². The Labute approximate surface area is 113 Å². The van der Waals surface area contributed by atoms with Crippen LogP contribution in [0.4, 0.5) is 0 Å². The van der Waals surface area contributed by atoms with Crippen LogP contribution < -0.4 is 0 Å². The molecule has 1 aliphatic rings. The summed E-state index contributed by atoms with van der Waals surface area (Å²) < 4.78 is 3.20.